The van der Waals surface area contributed by atoms with Gasteiger partial charge in [0.25, 0.3) is 0 Å². The van der Waals surface area contributed by atoms with E-state index in [0.717, 1.165) is 5.56 Å². The molecule has 4 N–H and O–H groups in total. The Balaban J connectivity index is 2.47. The molecule has 0 saturated heterocycles. The number of amides is 2. The zero-order valence-electron chi connectivity index (χ0n) is 9.21. The minimum atomic E-state index is -1.29. The predicted octanol–water partition coefficient (Wildman–Crippen LogP) is 0.554. The third-order valence-corrected chi connectivity index (χ3v) is 2.88. The van der Waals surface area contributed by atoms with Gasteiger partial charge in [-0.2, -0.15) is 11.3 Å². The number of carbonyl (C=O) groups is 2. The van der Waals surface area contributed by atoms with Gasteiger partial charge in [-0.05, 0) is 29.3 Å². The fraction of sp³-hybridized carbons (Fsp3) is 0.400. The van der Waals surface area contributed by atoms with Crippen molar-refractivity contribution in [3.8, 4) is 0 Å². The summed E-state index contributed by atoms with van der Waals surface area (Å²) in [7, 11) is 0. The van der Waals surface area contributed by atoms with Crippen molar-refractivity contribution in [3.63, 3.8) is 0 Å². The molecular weight excluding hydrogens is 244 g/mol. The van der Waals surface area contributed by atoms with Crippen LogP contribution in [0.1, 0.15) is 18.5 Å². The highest BCUT2D eigenvalue weighted by atomic mass is 32.1. The first-order valence-corrected chi connectivity index (χ1v) is 5.91. The van der Waals surface area contributed by atoms with Gasteiger partial charge in [0.1, 0.15) is 0 Å². The van der Waals surface area contributed by atoms with Crippen LogP contribution in [0.3, 0.4) is 0 Å². The Morgan fingerprint density at radius 3 is 2.65 bits per heavy atom. The van der Waals surface area contributed by atoms with Crippen LogP contribution in [0.15, 0.2) is 16.8 Å². The summed E-state index contributed by atoms with van der Waals surface area (Å²) in [5.41, 5.74) is 0.945. The van der Waals surface area contributed by atoms with Gasteiger partial charge in [0.15, 0.2) is 6.04 Å². The lowest BCUT2D eigenvalue weighted by molar-refractivity contribution is -0.140. The summed E-state index contributed by atoms with van der Waals surface area (Å²) in [5, 5.41) is 25.9. The molecule has 94 valence electrons. The van der Waals surface area contributed by atoms with Gasteiger partial charge >= 0.3 is 12.0 Å². The van der Waals surface area contributed by atoms with Crippen LogP contribution < -0.4 is 10.6 Å². The van der Waals surface area contributed by atoms with E-state index < -0.39 is 24.6 Å². The molecule has 0 aliphatic rings. The van der Waals surface area contributed by atoms with Crippen LogP contribution in [0.2, 0.25) is 0 Å². The Hall–Kier alpha value is -1.60. The van der Waals surface area contributed by atoms with Gasteiger partial charge in [-0.1, -0.05) is 0 Å². The van der Waals surface area contributed by atoms with Crippen LogP contribution in [-0.4, -0.2) is 34.9 Å². The van der Waals surface area contributed by atoms with Gasteiger partial charge in [-0.15, -0.1) is 0 Å². The first-order chi connectivity index (χ1) is 8.04. The average Bonchev–Trinajstić information content (AvgIpc) is 2.78. The van der Waals surface area contributed by atoms with Crippen molar-refractivity contribution in [2.24, 2.45) is 0 Å². The highest BCUT2D eigenvalue weighted by molar-refractivity contribution is 7.07. The summed E-state index contributed by atoms with van der Waals surface area (Å²) in [4.78, 5) is 22.0. The molecule has 1 aromatic heterocycles. The number of rotatable bonds is 5. The fourth-order valence-corrected chi connectivity index (χ4v) is 1.94. The molecule has 0 spiro atoms. The average molecular weight is 258 g/mol. The second-order valence-corrected chi connectivity index (χ2v) is 4.25. The number of thiophene rings is 1. The minimum Gasteiger partial charge on any atom is -0.480 e. The molecule has 7 heteroatoms. The maximum Gasteiger partial charge on any atom is 0.328 e. The number of aliphatic hydroxyl groups is 1. The predicted molar refractivity (Wildman–Crippen MR) is 62.9 cm³/mol. The summed E-state index contributed by atoms with van der Waals surface area (Å²) < 4.78 is 0. The topological polar surface area (TPSA) is 98.7 Å². The first kappa shape index (κ1) is 13.5. The normalized spacial score (nSPS) is 13.8. The number of carbonyl (C=O) groups excluding carboxylic acids is 1. The number of carboxylic acid groups (broad SMARTS) is 1. The Kier molecular flexibility index (Phi) is 4.92. The van der Waals surface area contributed by atoms with Crippen LogP contribution in [0.4, 0.5) is 4.79 Å². The Bertz CT molecular complexity index is 380. The Morgan fingerprint density at radius 2 is 2.18 bits per heavy atom. The number of nitrogens with one attached hydrogen (secondary N) is 2. The van der Waals surface area contributed by atoms with Crippen molar-refractivity contribution < 1.29 is 19.8 Å². The van der Waals surface area contributed by atoms with Gasteiger partial charge < -0.3 is 20.8 Å². The SMILES string of the molecule is CC(NC(=O)NC(CO)C(=O)O)c1ccsc1. The van der Waals surface area contributed by atoms with E-state index in [9.17, 15) is 9.59 Å². The highest BCUT2D eigenvalue weighted by Gasteiger charge is 2.19. The molecule has 2 amide bonds. The van der Waals surface area contributed by atoms with Crippen LogP contribution in [0.25, 0.3) is 0 Å². The number of hydrogen-bond acceptors (Lipinski definition) is 4. The van der Waals surface area contributed by atoms with Crippen molar-refractivity contribution >= 4 is 23.3 Å². The first-order valence-electron chi connectivity index (χ1n) is 4.97. The zero-order valence-corrected chi connectivity index (χ0v) is 10.0. The molecule has 2 atom stereocenters. The second kappa shape index (κ2) is 6.21. The van der Waals surface area contributed by atoms with E-state index in [4.69, 9.17) is 10.2 Å². The molecule has 1 rings (SSSR count). The summed E-state index contributed by atoms with van der Waals surface area (Å²) in [6, 6.07) is -0.250. The number of urea groups is 1. The fourth-order valence-electron chi connectivity index (χ4n) is 1.19. The van der Waals surface area contributed by atoms with Gasteiger partial charge in [-0.25, -0.2) is 9.59 Å². The largest absolute Gasteiger partial charge is 0.480 e. The molecule has 1 heterocycles. The van der Waals surface area contributed by atoms with Gasteiger partial charge in [0.2, 0.25) is 0 Å². The summed E-state index contributed by atoms with van der Waals surface area (Å²) in [6.45, 7) is 1.14. The third-order valence-electron chi connectivity index (χ3n) is 2.18. The van der Waals surface area contributed by atoms with Crippen LogP contribution in [0.5, 0.6) is 0 Å². The summed E-state index contributed by atoms with van der Waals surface area (Å²) in [5.74, 6) is -1.27. The molecule has 0 aromatic carbocycles. The quantitative estimate of drug-likeness (QED) is 0.620. The van der Waals surface area contributed by atoms with E-state index in [1.807, 2.05) is 16.8 Å². The van der Waals surface area contributed by atoms with Crippen molar-refractivity contribution in [1.82, 2.24) is 10.6 Å². The van der Waals surface area contributed by atoms with Gasteiger partial charge in [-0.3, -0.25) is 0 Å². The second-order valence-electron chi connectivity index (χ2n) is 3.47. The maximum atomic E-state index is 11.4. The number of hydrogen-bond donors (Lipinski definition) is 4. The van der Waals surface area contributed by atoms with Gasteiger partial charge in [0, 0.05) is 0 Å². The van der Waals surface area contributed by atoms with Crippen LogP contribution >= 0.6 is 11.3 Å². The maximum absolute atomic E-state index is 11.4. The van der Waals surface area contributed by atoms with E-state index >= 15 is 0 Å². The van der Waals surface area contributed by atoms with E-state index in [2.05, 4.69) is 10.6 Å². The number of aliphatic carboxylic acids is 1. The van der Waals surface area contributed by atoms with Crippen molar-refractivity contribution in [1.29, 1.82) is 0 Å². The molecule has 0 saturated carbocycles. The molecule has 2 unspecified atom stereocenters. The Labute approximate surface area is 102 Å². The minimum absolute atomic E-state index is 0.214. The van der Waals surface area contributed by atoms with Crippen LogP contribution in [0, 0.1) is 0 Å². The summed E-state index contributed by atoms with van der Waals surface area (Å²) >= 11 is 1.51. The molecule has 1 aromatic rings. The smallest absolute Gasteiger partial charge is 0.328 e. The van der Waals surface area contributed by atoms with E-state index in [-0.39, 0.29) is 6.04 Å². The lowest BCUT2D eigenvalue weighted by atomic mass is 10.2. The van der Waals surface area contributed by atoms with Crippen molar-refractivity contribution in [3.05, 3.63) is 22.4 Å². The monoisotopic (exact) mass is 258 g/mol. The van der Waals surface area contributed by atoms with E-state index in [1.165, 1.54) is 11.3 Å². The van der Waals surface area contributed by atoms with Crippen molar-refractivity contribution in [2.45, 2.75) is 19.0 Å². The lowest BCUT2D eigenvalue weighted by Gasteiger charge is -2.16. The number of carboxylic acids is 1. The van der Waals surface area contributed by atoms with E-state index in [0.29, 0.717) is 0 Å². The lowest BCUT2D eigenvalue weighted by Crippen LogP contribution is -2.48. The highest BCUT2D eigenvalue weighted by Crippen LogP contribution is 2.15. The molecule has 0 aliphatic carbocycles. The standard InChI is InChI=1S/C10H14N2O4S/c1-6(7-2-3-17-5-7)11-10(16)12-8(4-13)9(14)15/h2-3,5-6,8,13H,4H2,1H3,(H,14,15)(H2,11,12,16). The third kappa shape index (κ3) is 4.04. The zero-order chi connectivity index (χ0) is 12.8. The molecule has 0 bridgehead atoms. The summed E-state index contributed by atoms with van der Waals surface area (Å²) in [6.07, 6.45) is 0. The van der Waals surface area contributed by atoms with E-state index in [1.54, 1.807) is 6.92 Å². The van der Waals surface area contributed by atoms with Gasteiger partial charge in [0.05, 0.1) is 12.6 Å². The molecular formula is C10H14N2O4S. The molecule has 0 fully saturated rings. The number of aliphatic hydroxyl groups excluding tert-OH is 1. The molecule has 17 heavy (non-hydrogen) atoms. The Morgan fingerprint density at radius 1 is 1.47 bits per heavy atom. The van der Waals surface area contributed by atoms with Crippen LogP contribution in [-0.2, 0) is 4.79 Å². The van der Waals surface area contributed by atoms with Crippen molar-refractivity contribution in [2.75, 3.05) is 6.61 Å². The molecule has 0 radical (unpaired) electrons. The molecule has 0 aliphatic heterocycles. The molecule has 6 nitrogen and oxygen atoms in total.